The highest BCUT2D eigenvalue weighted by molar-refractivity contribution is 5.86. The van der Waals surface area contributed by atoms with E-state index < -0.39 is 24.0 Å². The average Bonchev–Trinajstić information content (AvgIpc) is 2.97. The fraction of sp³-hybridized carbons (Fsp3) is 0.133. The van der Waals surface area contributed by atoms with Gasteiger partial charge >= 0.3 is 0 Å². The number of nitrogens with zero attached hydrogens (tertiary/aromatic N) is 3. The van der Waals surface area contributed by atoms with E-state index in [2.05, 4.69) is 10.1 Å². The fourth-order valence-electron chi connectivity index (χ4n) is 2.34. The van der Waals surface area contributed by atoms with Crippen LogP contribution in [0.2, 0.25) is 0 Å². The topological polar surface area (TPSA) is 85.8 Å². The van der Waals surface area contributed by atoms with Gasteiger partial charge in [-0.1, -0.05) is 0 Å². The lowest BCUT2D eigenvalue weighted by Gasteiger charge is -2.08. The molecule has 0 saturated heterocycles. The first-order valence-corrected chi connectivity index (χ1v) is 6.74. The first-order valence-electron chi connectivity index (χ1n) is 6.74. The Kier molecular flexibility index (Phi) is 3.75. The molecular weight excluding hydrogens is 304 g/mol. The van der Waals surface area contributed by atoms with Crippen LogP contribution in [-0.4, -0.2) is 20.7 Å². The highest BCUT2D eigenvalue weighted by Crippen LogP contribution is 2.27. The number of pyridine rings is 1. The molecule has 0 spiro atoms. The minimum Gasteiger partial charge on any atom is -0.294 e. The van der Waals surface area contributed by atoms with Gasteiger partial charge in [0.1, 0.15) is 11.6 Å². The molecule has 3 rings (SSSR count). The van der Waals surface area contributed by atoms with Gasteiger partial charge in [-0.15, -0.1) is 0 Å². The fourth-order valence-corrected chi connectivity index (χ4v) is 2.34. The van der Waals surface area contributed by atoms with Crippen LogP contribution in [0.25, 0.3) is 22.0 Å². The van der Waals surface area contributed by atoms with Gasteiger partial charge in [-0.05, 0) is 6.07 Å². The summed E-state index contributed by atoms with van der Waals surface area (Å²) in [6, 6.07) is 2.66. The van der Waals surface area contributed by atoms with E-state index >= 15 is 0 Å². The van der Waals surface area contributed by atoms with Crippen LogP contribution in [0.15, 0.2) is 30.7 Å². The summed E-state index contributed by atoms with van der Waals surface area (Å²) in [7, 11) is 1.76. The molecule has 0 unspecified atom stereocenters. The number of benzene rings is 1. The van der Waals surface area contributed by atoms with Crippen LogP contribution in [0.4, 0.5) is 8.78 Å². The molecule has 2 aromatic heterocycles. The number of nitrogens with two attached hydrogens (primary N) is 1. The van der Waals surface area contributed by atoms with E-state index in [1.807, 2.05) is 5.43 Å². The Morgan fingerprint density at radius 1 is 1.30 bits per heavy atom. The van der Waals surface area contributed by atoms with E-state index in [0.717, 1.165) is 11.6 Å². The van der Waals surface area contributed by atoms with Gasteiger partial charge in [-0.3, -0.25) is 19.9 Å². The summed E-state index contributed by atoms with van der Waals surface area (Å²) in [6.45, 7) is 0. The highest BCUT2D eigenvalue weighted by atomic mass is 19.1. The maximum atomic E-state index is 14.6. The zero-order valence-corrected chi connectivity index (χ0v) is 12.2. The second kappa shape index (κ2) is 5.73. The van der Waals surface area contributed by atoms with Gasteiger partial charge in [-0.25, -0.2) is 14.6 Å². The number of aromatic nitrogens is 3. The molecule has 0 atom stereocenters. The van der Waals surface area contributed by atoms with E-state index in [0.29, 0.717) is 5.56 Å². The zero-order valence-electron chi connectivity index (χ0n) is 12.2. The molecule has 3 N–H and O–H groups in total. The number of nitrogens with one attached hydrogen (secondary N) is 1. The summed E-state index contributed by atoms with van der Waals surface area (Å²) in [5, 5.41) is 4.18. The first kappa shape index (κ1) is 15.0. The van der Waals surface area contributed by atoms with Crippen molar-refractivity contribution < 1.29 is 13.6 Å². The molecule has 6 nitrogen and oxygen atoms in total. The van der Waals surface area contributed by atoms with Gasteiger partial charge in [0, 0.05) is 47.6 Å². The number of halogens is 2. The number of carbonyl (C=O) groups excluding carboxylic acids is 1. The Balaban J connectivity index is 2.15. The molecule has 118 valence electrons. The predicted molar refractivity (Wildman–Crippen MR) is 79.9 cm³/mol. The molecule has 0 radical (unpaired) electrons. The number of hydrogen-bond donors (Lipinski definition) is 2. The molecular formula is C15H13F2N5O. The Morgan fingerprint density at radius 2 is 2.09 bits per heavy atom. The van der Waals surface area contributed by atoms with Crippen LogP contribution in [0.3, 0.4) is 0 Å². The SMILES string of the molecule is Cn1cc(-c2cnc3cc(F)c(CC(=O)NN)c(F)c3c2)cn1. The third-order valence-electron chi connectivity index (χ3n) is 3.51. The number of fused-ring (bicyclic) bond motifs is 1. The van der Waals surface area contributed by atoms with Crippen molar-refractivity contribution in [2.75, 3.05) is 0 Å². The van der Waals surface area contributed by atoms with Crippen LogP contribution in [-0.2, 0) is 18.3 Å². The number of carbonyl (C=O) groups is 1. The number of hydrazine groups is 1. The normalized spacial score (nSPS) is 11.0. The lowest BCUT2D eigenvalue weighted by atomic mass is 10.0. The Labute approximate surface area is 129 Å². The average molecular weight is 317 g/mol. The van der Waals surface area contributed by atoms with E-state index in [-0.39, 0.29) is 16.5 Å². The summed E-state index contributed by atoms with van der Waals surface area (Å²) < 4.78 is 30.2. The molecule has 0 aliphatic heterocycles. The van der Waals surface area contributed by atoms with E-state index in [1.165, 1.54) is 6.20 Å². The molecule has 1 amide bonds. The molecule has 0 saturated carbocycles. The van der Waals surface area contributed by atoms with E-state index in [4.69, 9.17) is 5.84 Å². The summed E-state index contributed by atoms with van der Waals surface area (Å²) in [4.78, 5) is 15.4. The van der Waals surface area contributed by atoms with Crippen molar-refractivity contribution in [1.29, 1.82) is 0 Å². The number of rotatable bonds is 3. The van der Waals surface area contributed by atoms with Crippen molar-refractivity contribution in [2.45, 2.75) is 6.42 Å². The van der Waals surface area contributed by atoms with Crippen molar-refractivity contribution in [3.8, 4) is 11.1 Å². The van der Waals surface area contributed by atoms with Gasteiger partial charge in [0.05, 0.1) is 18.1 Å². The summed E-state index contributed by atoms with van der Waals surface area (Å²) in [6.07, 6.45) is 4.41. The van der Waals surface area contributed by atoms with Gasteiger partial charge < -0.3 is 0 Å². The largest absolute Gasteiger partial charge is 0.294 e. The summed E-state index contributed by atoms with van der Waals surface area (Å²) in [5.41, 5.74) is 3.09. The van der Waals surface area contributed by atoms with Crippen molar-refractivity contribution in [1.82, 2.24) is 20.2 Å². The smallest absolute Gasteiger partial charge is 0.238 e. The van der Waals surface area contributed by atoms with Crippen molar-refractivity contribution in [3.05, 3.63) is 47.9 Å². The lowest BCUT2D eigenvalue weighted by Crippen LogP contribution is -2.32. The highest BCUT2D eigenvalue weighted by Gasteiger charge is 2.18. The predicted octanol–water partition coefficient (Wildman–Crippen LogP) is 1.45. The Bertz CT molecular complexity index is 906. The van der Waals surface area contributed by atoms with E-state index in [1.54, 1.807) is 30.2 Å². The Morgan fingerprint density at radius 3 is 2.74 bits per heavy atom. The van der Waals surface area contributed by atoms with Crippen molar-refractivity contribution in [2.24, 2.45) is 12.9 Å². The van der Waals surface area contributed by atoms with Crippen LogP contribution in [0, 0.1) is 11.6 Å². The minimum atomic E-state index is -0.833. The summed E-state index contributed by atoms with van der Waals surface area (Å²) >= 11 is 0. The molecule has 2 heterocycles. The van der Waals surface area contributed by atoms with Gasteiger partial charge in [-0.2, -0.15) is 5.10 Å². The number of aryl methyl sites for hydroxylation is 1. The molecule has 0 fully saturated rings. The van der Waals surface area contributed by atoms with Crippen LogP contribution in [0.5, 0.6) is 0 Å². The van der Waals surface area contributed by atoms with Crippen molar-refractivity contribution >= 4 is 16.8 Å². The third-order valence-corrected chi connectivity index (χ3v) is 3.51. The molecule has 1 aromatic carbocycles. The second-order valence-corrected chi connectivity index (χ2v) is 5.09. The first-order chi connectivity index (χ1) is 11.0. The molecule has 0 bridgehead atoms. The monoisotopic (exact) mass is 317 g/mol. The molecule has 8 heteroatoms. The zero-order chi connectivity index (χ0) is 16.6. The third kappa shape index (κ3) is 2.76. The van der Waals surface area contributed by atoms with Gasteiger partial charge in [0.15, 0.2) is 0 Å². The van der Waals surface area contributed by atoms with Gasteiger partial charge in [0.25, 0.3) is 0 Å². The van der Waals surface area contributed by atoms with Crippen LogP contribution < -0.4 is 11.3 Å². The molecule has 3 aromatic rings. The Hall–Kier alpha value is -2.87. The van der Waals surface area contributed by atoms with Crippen molar-refractivity contribution in [3.63, 3.8) is 0 Å². The van der Waals surface area contributed by atoms with E-state index in [9.17, 15) is 13.6 Å². The lowest BCUT2D eigenvalue weighted by molar-refractivity contribution is -0.120. The second-order valence-electron chi connectivity index (χ2n) is 5.09. The number of amides is 1. The standard InChI is InChI=1S/C15H13F2N5O/c1-22-7-9(6-20-22)8-2-11-13(19-5-8)4-12(16)10(15(11)17)3-14(23)21-18/h2,4-7H,3,18H2,1H3,(H,21,23). The van der Waals surface area contributed by atoms with Crippen LogP contribution >= 0.6 is 0 Å². The minimum absolute atomic E-state index is 0.132. The maximum absolute atomic E-state index is 14.6. The molecule has 0 aliphatic carbocycles. The van der Waals surface area contributed by atoms with Gasteiger partial charge in [0.2, 0.25) is 5.91 Å². The number of hydrogen-bond acceptors (Lipinski definition) is 4. The van der Waals surface area contributed by atoms with Crippen LogP contribution in [0.1, 0.15) is 5.56 Å². The molecule has 23 heavy (non-hydrogen) atoms. The summed E-state index contributed by atoms with van der Waals surface area (Å²) in [5.74, 6) is 2.64. The maximum Gasteiger partial charge on any atom is 0.238 e. The quantitative estimate of drug-likeness (QED) is 0.435. The molecule has 0 aliphatic rings.